The third-order valence-electron chi connectivity index (χ3n) is 0. The molecule has 0 radical (unpaired) electrons. The van der Waals surface area contributed by atoms with E-state index in [0.717, 1.165) is 0 Å². The van der Waals surface area contributed by atoms with Gasteiger partial charge in [-0.1, -0.05) is 0 Å². The Morgan fingerprint density at radius 1 is 1.29 bits per heavy atom. The van der Waals surface area contributed by atoms with Crippen LogP contribution in [0, 0.1) is 0 Å². The van der Waals surface area contributed by atoms with E-state index in [-0.39, 0.29) is 63.4 Å². The molecule has 7 heteroatoms. The Balaban J connectivity index is -0.00000000800. The van der Waals surface area contributed by atoms with Crippen LogP contribution in [0.25, 0.3) is 0 Å². The van der Waals surface area contributed by atoms with Crippen LogP contribution < -0.4 is 59.1 Å². The van der Waals surface area contributed by atoms with Gasteiger partial charge in [0.05, 0.1) is 0 Å². The average Bonchev–Trinajstić information content (AvgIpc) is 0.722. The van der Waals surface area contributed by atoms with Crippen molar-refractivity contribution in [3.63, 3.8) is 0 Å². The van der Waals surface area contributed by atoms with E-state index in [1.807, 2.05) is 0 Å². The van der Waals surface area contributed by atoms with Gasteiger partial charge in [0.25, 0.3) is 0 Å². The first-order valence-corrected chi connectivity index (χ1v) is 2.35. The average molecular weight is 147 g/mol. The summed E-state index contributed by atoms with van der Waals surface area (Å²) in [7, 11) is -4.64. The molecule has 0 aromatic carbocycles. The summed E-state index contributed by atoms with van der Waals surface area (Å²) >= 11 is 0. The van der Waals surface area contributed by atoms with Crippen molar-refractivity contribution >= 4 is 7.82 Å². The van der Waals surface area contributed by atoms with Crippen LogP contribution in [0.3, 0.4) is 0 Å². The SMILES string of the molecule is O=P(O)(O)O.[H+].[H-].[H-].[Na+].[Na+]. The molecule has 0 aromatic rings. The molecule has 36 valence electrons. The van der Waals surface area contributed by atoms with Crippen molar-refractivity contribution in [2.45, 2.75) is 0 Å². The summed E-state index contributed by atoms with van der Waals surface area (Å²) in [6, 6.07) is 0. The number of rotatable bonds is 0. The second-order valence-electron chi connectivity index (χ2n) is 0.513. The van der Waals surface area contributed by atoms with Crippen LogP contribution in [0.2, 0.25) is 0 Å². The summed E-state index contributed by atoms with van der Waals surface area (Å²) in [5, 5.41) is 0. The van der Waals surface area contributed by atoms with Crippen LogP contribution in [0.15, 0.2) is 0 Å². The van der Waals surface area contributed by atoms with Crippen LogP contribution in [0.5, 0.6) is 0 Å². The molecule has 0 fully saturated rings. The first kappa shape index (κ1) is 16.1. The standard InChI is InChI=1S/2Na.H3O4P.2H/c;;1-5(2,3)4;;/h;;(H3,1,2,3,4);;/q2*+1;;2*-1/p+1. The molecule has 0 saturated heterocycles. The van der Waals surface area contributed by atoms with E-state index in [4.69, 9.17) is 19.2 Å². The van der Waals surface area contributed by atoms with Crippen LogP contribution in [-0.2, 0) is 4.57 Å². The normalized spacial score (nSPS) is 8.43. The first-order chi connectivity index (χ1) is 2.00. The smallest absolute Gasteiger partial charge is 1.00 e. The quantitative estimate of drug-likeness (QED) is 0.235. The van der Waals surface area contributed by atoms with Gasteiger partial charge in [0, 0.05) is 0 Å². The van der Waals surface area contributed by atoms with Crippen LogP contribution in [0.1, 0.15) is 4.28 Å². The summed E-state index contributed by atoms with van der Waals surface area (Å²) in [5.41, 5.74) is 0. The molecule has 0 unspecified atom stereocenters. The molecule has 7 heavy (non-hydrogen) atoms. The number of hydrogen-bond donors (Lipinski definition) is 3. The topological polar surface area (TPSA) is 77.8 Å². The van der Waals surface area contributed by atoms with Gasteiger partial charge in [0.2, 0.25) is 0 Å². The van der Waals surface area contributed by atoms with Crippen LogP contribution in [-0.4, -0.2) is 14.7 Å². The molecule has 4 nitrogen and oxygen atoms in total. The fourth-order valence-electron chi connectivity index (χ4n) is 0. The van der Waals surface area contributed by atoms with E-state index in [9.17, 15) is 0 Å². The van der Waals surface area contributed by atoms with Crippen molar-refractivity contribution in [1.82, 2.24) is 0 Å². The molecule has 0 atom stereocenters. The Hall–Kier alpha value is 2.11. The minimum absolute atomic E-state index is 0. The van der Waals surface area contributed by atoms with Gasteiger partial charge in [-0.25, -0.2) is 4.57 Å². The minimum Gasteiger partial charge on any atom is -1.00 e. The molecule has 0 aliphatic carbocycles. The van der Waals surface area contributed by atoms with Crippen molar-refractivity contribution in [1.29, 1.82) is 0 Å². The van der Waals surface area contributed by atoms with Crippen LogP contribution in [0.4, 0.5) is 0 Å². The molecule has 0 rings (SSSR count). The summed E-state index contributed by atoms with van der Waals surface area (Å²) in [5.74, 6) is 0. The van der Waals surface area contributed by atoms with Gasteiger partial charge in [0.1, 0.15) is 0 Å². The molecule has 3 N–H and O–H groups in total. The van der Waals surface area contributed by atoms with E-state index in [0.29, 0.717) is 0 Å². The predicted octanol–water partition coefficient (Wildman–Crippen LogP) is -6.58. The monoisotopic (exact) mass is 147 g/mol. The second kappa shape index (κ2) is 6.23. The van der Waals surface area contributed by atoms with Crippen molar-refractivity contribution in [2.24, 2.45) is 0 Å². The molecule has 0 bridgehead atoms. The summed E-state index contributed by atoms with van der Waals surface area (Å²) in [6.07, 6.45) is 0. The Bertz CT molecular complexity index is 64.6. The molecule has 0 aromatic heterocycles. The Morgan fingerprint density at radius 3 is 1.29 bits per heavy atom. The zero-order valence-corrected chi connectivity index (χ0v) is 9.09. The van der Waals surface area contributed by atoms with Crippen molar-refractivity contribution in [3.8, 4) is 0 Å². The molecule has 0 heterocycles. The summed E-state index contributed by atoms with van der Waals surface area (Å²) < 4.78 is 8.88. The van der Waals surface area contributed by atoms with Crippen molar-refractivity contribution in [2.75, 3.05) is 0 Å². The van der Waals surface area contributed by atoms with E-state index in [2.05, 4.69) is 0 Å². The fourth-order valence-corrected chi connectivity index (χ4v) is 0. The zero-order chi connectivity index (χ0) is 4.50. The number of phosphoric acid groups is 1. The molecule has 0 amide bonds. The predicted molar refractivity (Wildman–Crippen MR) is 17.6 cm³/mol. The largest absolute Gasteiger partial charge is 1.00 e. The van der Waals surface area contributed by atoms with Gasteiger partial charge in [-0.3, -0.25) is 0 Å². The maximum absolute atomic E-state index is 8.88. The van der Waals surface area contributed by atoms with Crippen LogP contribution >= 0.6 is 7.82 Å². The maximum atomic E-state index is 8.88. The van der Waals surface area contributed by atoms with E-state index >= 15 is 0 Å². The second-order valence-corrected chi connectivity index (χ2v) is 1.54. The number of hydrogen-bond acceptors (Lipinski definition) is 1. The van der Waals surface area contributed by atoms with Gasteiger partial charge in [-0.05, 0) is 0 Å². The van der Waals surface area contributed by atoms with Gasteiger partial charge in [0.15, 0.2) is 0 Å². The zero-order valence-electron chi connectivity index (χ0n) is 7.20. The first-order valence-electron chi connectivity index (χ1n) is 0.783. The van der Waals surface area contributed by atoms with Crippen molar-refractivity contribution in [3.05, 3.63) is 0 Å². The van der Waals surface area contributed by atoms with Gasteiger partial charge < -0.3 is 17.5 Å². The third-order valence-corrected chi connectivity index (χ3v) is 0. The molecular formula is H6Na2O4P+. The van der Waals surface area contributed by atoms with E-state index < -0.39 is 7.82 Å². The maximum Gasteiger partial charge on any atom is 1.00 e. The summed E-state index contributed by atoms with van der Waals surface area (Å²) in [6.45, 7) is 0. The minimum atomic E-state index is -4.64. The van der Waals surface area contributed by atoms with E-state index in [1.54, 1.807) is 0 Å². The molecule has 0 aliphatic rings. The van der Waals surface area contributed by atoms with Gasteiger partial charge in [-0.2, -0.15) is 0 Å². The fraction of sp³-hybridized carbons (Fsp3) is 0. The van der Waals surface area contributed by atoms with Gasteiger partial charge in [-0.15, -0.1) is 0 Å². The molecule has 0 saturated carbocycles. The van der Waals surface area contributed by atoms with E-state index in [1.165, 1.54) is 0 Å². The molecule has 0 spiro atoms. The van der Waals surface area contributed by atoms with Crippen molar-refractivity contribution < 1.29 is 82.6 Å². The Kier molecular flexibility index (Phi) is 14.3. The molecular weight excluding hydrogens is 141 g/mol. The van der Waals surface area contributed by atoms with Gasteiger partial charge >= 0.3 is 68.4 Å². The molecule has 0 aliphatic heterocycles. The Labute approximate surface area is 89.6 Å². The Morgan fingerprint density at radius 2 is 1.29 bits per heavy atom. The third kappa shape index (κ3) is 68.0. The summed E-state index contributed by atoms with van der Waals surface area (Å²) in [4.78, 5) is 21.6.